The minimum absolute atomic E-state index is 0.0268. The molecule has 0 N–H and O–H groups in total. The number of allylic oxidation sites excluding steroid dienone is 1. The fraction of sp³-hybridized carbons (Fsp3) is 0.308. The molecule has 0 aliphatic carbocycles. The third-order valence-corrected chi connectivity index (χ3v) is 3.93. The van der Waals surface area contributed by atoms with Gasteiger partial charge in [0.05, 0.1) is 11.0 Å². The molecule has 0 unspecified atom stereocenters. The number of phosphoric acid groups is 1. The topological polar surface area (TPSA) is 114 Å². The molecule has 9 nitrogen and oxygen atoms in total. The quantitative estimate of drug-likeness (QED) is 0.176. The van der Waals surface area contributed by atoms with E-state index in [1.807, 2.05) is 0 Å². The van der Waals surface area contributed by atoms with Crippen LogP contribution < -0.4 is 0 Å². The zero-order valence-corrected chi connectivity index (χ0v) is 13.6. The number of nitro groups is 1. The highest BCUT2D eigenvalue weighted by molar-refractivity contribution is 7.48. The summed E-state index contributed by atoms with van der Waals surface area (Å²) in [5.41, 5.74) is 0.355. The van der Waals surface area contributed by atoms with Crippen molar-refractivity contribution >= 4 is 19.5 Å². The smallest absolute Gasteiger partial charge is 0.458 e. The molecule has 0 atom stereocenters. The van der Waals surface area contributed by atoms with Crippen molar-refractivity contribution < 1.29 is 32.6 Å². The Morgan fingerprint density at radius 1 is 1.35 bits per heavy atom. The van der Waals surface area contributed by atoms with Crippen molar-refractivity contribution in [2.24, 2.45) is 0 Å². The van der Waals surface area contributed by atoms with Crippen LogP contribution in [0.15, 0.2) is 36.1 Å². The molecule has 0 bridgehead atoms. The van der Waals surface area contributed by atoms with E-state index in [9.17, 15) is 19.5 Å². The van der Waals surface area contributed by atoms with E-state index in [1.54, 1.807) is 6.07 Å². The van der Waals surface area contributed by atoms with Crippen molar-refractivity contribution in [3.05, 3.63) is 51.8 Å². The van der Waals surface area contributed by atoms with Gasteiger partial charge in [-0.25, -0.2) is 9.36 Å². The number of nitrogens with zero attached hydrogens (tertiary/aromatic N) is 1. The van der Waals surface area contributed by atoms with Gasteiger partial charge >= 0.3 is 13.8 Å². The van der Waals surface area contributed by atoms with Gasteiger partial charge < -0.3 is 9.26 Å². The van der Waals surface area contributed by atoms with Gasteiger partial charge in [0.25, 0.3) is 5.69 Å². The number of hydrogen-bond acceptors (Lipinski definition) is 8. The molecule has 1 rings (SSSR count). The van der Waals surface area contributed by atoms with Crippen LogP contribution in [0.4, 0.5) is 5.69 Å². The number of hydrogen-bond donors (Lipinski definition) is 0. The van der Waals surface area contributed by atoms with Crippen LogP contribution in [0.1, 0.15) is 12.5 Å². The maximum atomic E-state index is 11.7. The molecule has 126 valence electrons. The number of phosphoric ester groups is 1. The van der Waals surface area contributed by atoms with Crippen LogP contribution in [0.25, 0.3) is 0 Å². The van der Waals surface area contributed by atoms with Gasteiger partial charge in [0.1, 0.15) is 12.4 Å². The van der Waals surface area contributed by atoms with E-state index in [0.29, 0.717) is 5.56 Å². The molecule has 0 radical (unpaired) electrons. The highest BCUT2D eigenvalue weighted by Crippen LogP contribution is 2.49. The second-order valence-corrected chi connectivity index (χ2v) is 6.00. The molecular formula is C13H16NO8P. The summed E-state index contributed by atoms with van der Waals surface area (Å²) in [6, 6.07) is 5.69. The average Bonchev–Trinajstić information content (AvgIpc) is 2.52. The highest BCUT2D eigenvalue weighted by atomic mass is 31.2. The van der Waals surface area contributed by atoms with Crippen LogP contribution in [-0.2, 0) is 34.3 Å². The maximum absolute atomic E-state index is 11.7. The number of rotatable bonds is 8. The standard InChI is InChI=1S/C13H16NO8P/c1-10(22-23(18,19-2)20-3)7-13(15)21-9-11-5-4-6-12(8-11)14(16)17/h4-8H,9H2,1-3H3. The van der Waals surface area contributed by atoms with Gasteiger partial charge in [0.15, 0.2) is 0 Å². The lowest BCUT2D eigenvalue weighted by molar-refractivity contribution is -0.384. The summed E-state index contributed by atoms with van der Waals surface area (Å²) in [7, 11) is -1.46. The van der Waals surface area contributed by atoms with Crippen molar-refractivity contribution in [3.63, 3.8) is 0 Å². The maximum Gasteiger partial charge on any atom is 0.529 e. The molecule has 0 aromatic heterocycles. The summed E-state index contributed by atoms with van der Waals surface area (Å²) in [5.74, 6) is -0.797. The second-order valence-electron chi connectivity index (χ2n) is 4.19. The molecule has 0 saturated carbocycles. The molecule has 1 aromatic rings. The Hall–Kier alpha value is -2.22. The predicted octanol–water partition coefficient (Wildman–Crippen LogP) is 2.96. The number of benzene rings is 1. The van der Waals surface area contributed by atoms with Gasteiger partial charge in [-0.05, 0) is 12.5 Å². The molecule has 0 heterocycles. The molecule has 1 aromatic carbocycles. The first kappa shape index (κ1) is 18.8. The van der Waals surface area contributed by atoms with E-state index >= 15 is 0 Å². The first-order valence-corrected chi connectivity index (χ1v) is 7.75. The Labute approximate surface area is 132 Å². The van der Waals surface area contributed by atoms with Crippen molar-refractivity contribution in [1.29, 1.82) is 0 Å². The first-order chi connectivity index (χ1) is 10.8. The zero-order chi connectivity index (χ0) is 17.5. The van der Waals surface area contributed by atoms with E-state index in [-0.39, 0.29) is 18.1 Å². The monoisotopic (exact) mass is 345 g/mol. The van der Waals surface area contributed by atoms with Crippen LogP contribution in [0.5, 0.6) is 0 Å². The van der Waals surface area contributed by atoms with Crippen LogP contribution in [0, 0.1) is 10.1 Å². The van der Waals surface area contributed by atoms with Gasteiger partial charge in [0, 0.05) is 26.4 Å². The molecule has 0 aliphatic heterocycles. The minimum Gasteiger partial charge on any atom is -0.458 e. The summed E-state index contributed by atoms with van der Waals surface area (Å²) in [6.45, 7) is 1.22. The Morgan fingerprint density at radius 3 is 2.57 bits per heavy atom. The fourth-order valence-corrected chi connectivity index (χ4v) is 2.18. The van der Waals surface area contributed by atoms with Crippen LogP contribution in [0.3, 0.4) is 0 Å². The van der Waals surface area contributed by atoms with Crippen LogP contribution >= 0.6 is 7.82 Å². The average molecular weight is 345 g/mol. The van der Waals surface area contributed by atoms with E-state index in [4.69, 9.17) is 9.26 Å². The third kappa shape index (κ3) is 6.19. The van der Waals surface area contributed by atoms with Crippen molar-refractivity contribution in [2.75, 3.05) is 14.2 Å². The number of carbonyl (C=O) groups excluding carboxylic acids is 1. The van der Waals surface area contributed by atoms with E-state index in [2.05, 4.69) is 9.05 Å². The Balaban J connectivity index is 2.63. The molecule has 0 amide bonds. The van der Waals surface area contributed by atoms with Crippen LogP contribution in [0.2, 0.25) is 0 Å². The number of esters is 1. The summed E-state index contributed by atoms with van der Waals surface area (Å²) in [6.07, 6.45) is 0.960. The second kappa shape index (κ2) is 8.42. The van der Waals surface area contributed by atoms with Crippen molar-refractivity contribution in [1.82, 2.24) is 0 Å². The normalized spacial score (nSPS) is 11.9. The Bertz CT molecular complexity index is 649. The molecular weight excluding hydrogens is 329 g/mol. The first-order valence-electron chi connectivity index (χ1n) is 6.29. The van der Waals surface area contributed by atoms with Gasteiger partial charge in [0.2, 0.25) is 0 Å². The lowest BCUT2D eigenvalue weighted by Crippen LogP contribution is -2.03. The summed E-state index contributed by atoms with van der Waals surface area (Å²) in [4.78, 5) is 21.7. The number of ether oxygens (including phenoxy) is 1. The highest BCUT2D eigenvalue weighted by Gasteiger charge is 2.24. The lowest BCUT2D eigenvalue weighted by Gasteiger charge is -2.14. The minimum atomic E-state index is -3.74. The third-order valence-electron chi connectivity index (χ3n) is 2.53. The van der Waals surface area contributed by atoms with Crippen LogP contribution in [-0.4, -0.2) is 25.1 Å². The van der Waals surface area contributed by atoms with E-state index in [1.165, 1.54) is 25.1 Å². The molecule has 10 heteroatoms. The van der Waals surface area contributed by atoms with Gasteiger partial charge in [-0.3, -0.25) is 19.2 Å². The molecule has 0 spiro atoms. The predicted molar refractivity (Wildman–Crippen MR) is 79.4 cm³/mol. The summed E-state index contributed by atoms with van der Waals surface area (Å²) in [5, 5.41) is 10.6. The Kier molecular flexibility index (Phi) is 6.89. The molecule has 0 aliphatic rings. The number of non-ortho nitro benzene ring substituents is 1. The van der Waals surface area contributed by atoms with Crippen molar-refractivity contribution in [2.45, 2.75) is 13.5 Å². The summed E-state index contributed by atoms with van der Waals surface area (Å²) < 4.78 is 30.6. The van der Waals surface area contributed by atoms with Crippen molar-refractivity contribution in [3.8, 4) is 0 Å². The largest absolute Gasteiger partial charge is 0.529 e. The number of nitro benzene ring substituents is 1. The fourth-order valence-electron chi connectivity index (χ4n) is 1.47. The summed E-state index contributed by atoms with van der Waals surface area (Å²) >= 11 is 0. The molecule has 0 fully saturated rings. The zero-order valence-electron chi connectivity index (χ0n) is 12.8. The SMILES string of the molecule is COP(=O)(OC)OC(C)=CC(=O)OCc1cccc([N+](=O)[O-])c1. The van der Waals surface area contributed by atoms with E-state index in [0.717, 1.165) is 20.3 Å². The Morgan fingerprint density at radius 2 is 2.00 bits per heavy atom. The molecule has 0 saturated heterocycles. The van der Waals surface area contributed by atoms with Gasteiger partial charge in [-0.2, -0.15) is 0 Å². The van der Waals surface area contributed by atoms with Gasteiger partial charge in [-0.15, -0.1) is 0 Å². The molecule has 23 heavy (non-hydrogen) atoms. The van der Waals surface area contributed by atoms with Gasteiger partial charge in [-0.1, -0.05) is 12.1 Å². The number of carbonyl (C=O) groups is 1. The van der Waals surface area contributed by atoms with E-state index < -0.39 is 18.7 Å². The lowest BCUT2D eigenvalue weighted by atomic mass is 10.2.